The lowest BCUT2D eigenvalue weighted by molar-refractivity contribution is 0.0936. The van der Waals surface area contributed by atoms with Crippen molar-refractivity contribution in [3.63, 3.8) is 0 Å². The summed E-state index contributed by atoms with van der Waals surface area (Å²) < 4.78 is 0. The fourth-order valence-corrected chi connectivity index (χ4v) is 4.76. The van der Waals surface area contributed by atoms with Crippen LogP contribution in [0.25, 0.3) is 0 Å². The number of benzene rings is 1. The molecule has 3 aromatic rings. The summed E-state index contributed by atoms with van der Waals surface area (Å²) in [6, 6.07) is 13.1. The Hall–Kier alpha value is -3.03. The molecule has 2 aromatic heterocycles. The van der Waals surface area contributed by atoms with Crippen LogP contribution in [0.5, 0.6) is 0 Å². The van der Waals surface area contributed by atoms with E-state index in [1.54, 1.807) is 41.9 Å². The number of piperidine rings is 1. The van der Waals surface area contributed by atoms with E-state index in [-0.39, 0.29) is 11.8 Å². The Bertz CT molecular complexity index is 1050. The zero-order valence-electron chi connectivity index (χ0n) is 18.2. The smallest absolute Gasteiger partial charge is 0.255 e. The number of pyridine rings is 1. The van der Waals surface area contributed by atoms with Crippen molar-refractivity contribution in [2.75, 3.05) is 25.0 Å². The number of thiophene rings is 1. The first kappa shape index (κ1) is 22.2. The van der Waals surface area contributed by atoms with Gasteiger partial charge in [-0.05, 0) is 74.0 Å². The van der Waals surface area contributed by atoms with Crippen molar-refractivity contribution in [2.45, 2.75) is 26.3 Å². The van der Waals surface area contributed by atoms with Crippen molar-refractivity contribution in [1.29, 1.82) is 0 Å². The molecule has 1 aromatic carbocycles. The lowest BCUT2D eigenvalue weighted by Gasteiger charge is -2.31. The van der Waals surface area contributed by atoms with Crippen LogP contribution in [0, 0.1) is 12.8 Å². The van der Waals surface area contributed by atoms with E-state index in [9.17, 15) is 9.59 Å². The minimum atomic E-state index is -0.256. The van der Waals surface area contributed by atoms with Gasteiger partial charge in [0.1, 0.15) is 0 Å². The van der Waals surface area contributed by atoms with Gasteiger partial charge in [-0.2, -0.15) is 0 Å². The molecule has 1 fully saturated rings. The highest BCUT2D eigenvalue weighted by Crippen LogP contribution is 2.23. The average molecular weight is 449 g/mol. The first-order chi connectivity index (χ1) is 15.6. The molecule has 0 spiro atoms. The number of nitrogens with zero attached hydrogens (tertiary/aromatic N) is 2. The third-order valence-electron chi connectivity index (χ3n) is 5.92. The number of nitrogens with one attached hydrogen (secondary N) is 2. The summed E-state index contributed by atoms with van der Waals surface area (Å²) in [5.74, 6) is 0.0619. The van der Waals surface area contributed by atoms with Crippen LogP contribution in [0.1, 0.15) is 44.0 Å². The van der Waals surface area contributed by atoms with Gasteiger partial charge in [0.15, 0.2) is 0 Å². The largest absolute Gasteiger partial charge is 0.352 e. The maximum atomic E-state index is 13.0. The lowest BCUT2D eigenvalue weighted by Crippen LogP contribution is -2.38. The lowest BCUT2D eigenvalue weighted by atomic mass is 9.96. The van der Waals surface area contributed by atoms with Crippen molar-refractivity contribution in [2.24, 2.45) is 5.92 Å². The molecule has 0 unspecified atom stereocenters. The zero-order chi connectivity index (χ0) is 22.3. The van der Waals surface area contributed by atoms with Gasteiger partial charge in [0.05, 0.1) is 11.3 Å². The summed E-state index contributed by atoms with van der Waals surface area (Å²) in [5.41, 5.74) is 2.39. The number of rotatable bonds is 7. The van der Waals surface area contributed by atoms with E-state index in [4.69, 9.17) is 0 Å². The van der Waals surface area contributed by atoms with Crippen LogP contribution >= 0.6 is 11.3 Å². The monoisotopic (exact) mass is 448 g/mol. The maximum absolute atomic E-state index is 13.0. The molecule has 3 heterocycles. The second kappa shape index (κ2) is 10.5. The Morgan fingerprint density at radius 2 is 1.84 bits per heavy atom. The maximum Gasteiger partial charge on any atom is 0.255 e. The molecule has 32 heavy (non-hydrogen) atoms. The number of anilines is 1. The third kappa shape index (κ3) is 5.60. The van der Waals surface area contributed by atoms with Crippen LogP contribution < -0.4 is 10.6 Å². The predicted octanol–water partition coefficient (Wildman–Crippen LogP) is 4.35. The topological polar surface area (TPSA) is 74.3 Å². The van der Waals surface area contributed by atoms with Crippen LogP contribution in [0.2, 0.25) is 0 Å². The molecule has 4 rings (SSSR count). The van der Waals surface area contributed by atoms with E-state index in [0.29, 0.717) is 29.3 Å². The summed E-state index contributed by atoms with van der Waals surface area (Å²) >= 11 is 1.80. The number of aryl methyl sites for hydroxylation is 1. The van der Waals surface area contributed by atoms with Crippen molar-refractivity contribution >= 4 is 28.8 Å². The number of likely N-dealkylation sites (tertiary alicyclic amines) is 1. The molecule has 1 aliphatic rings. The molecule has 2 amide bonds. The Balaban J connectivity index is 1.33. The van der Waals surface area contributed by atoms with Gasteiger partial charge >= 0.3 is 0 Å². The van der Waals surface area contributed by atoms with E-state index >= 15 is 0 Å². The highest BCUT2D eigenvalue weighted by atomic mass is 32.1. The summed E-state index contributed by atoms with van der Waals surface area (Å²) in [5, 5.41) is 8.12. The highest BCUT2D eigenvalue weighted by Gasteiger charge is 2.21. The Morgan fingerprint density at radius 3 is 2.56 bits per heavy atom. The molecule has 0 bridgehead atoms. The van der Waals surface area contributed by atoms with Crippen molar-refractivity contribution in [3.05, 3.63) is 81.8 Å². The fourth-order valence-electron chi connectivity index (χ4n) is 4.02. The van der Waals surface area contributed by atoms with E-state index in [0.717, 1.165) is 38.0 Å². The van der Waals surface area contributed by atoms with Gasteiger partial charge in [-0.1, -0.05) is 18.2 Å². The third-order valence-corrected chi connectivity index (χ3v) is 6.78. The van der Waals surface area contributed by atoms with E-state index in [1.807, 2.05) is 19.1 Å². The average Bonchev–Trinajstić information content (AvgIpc) is 3.33. The highest BCUT2D eigenvalue weighted by molar-refractivity contribution is 7.09. The number of hydrogen-bond acceptors (Lipinski definition) is 5. The SMILES string of the molecule is Cc1cccc(C(=O)NCC2CCN(Cc3cccs3)CC2)c1NC(=O)c1ccncc1. The van der Waals surface area contributed by atoms with Gasteiger partial charge in [-0.3, -0.25) is 19.5 Å². The van der Waals surface area contributed by atoms with Gasteiger partial charge < -0.3 is 10.6 Å². The summed E-state index contributed by atoms with van der Waals surface area (Å²) in [7, 11) is 0. The van der Waals surface area contributed by atoms with E-state index in [1.165, 1.54) is 4.88 Å². The molecule has 0 atom stereocenters. The molecule has 0 saturated carbocycles. The molecule has 166 valence electrons. The quantitative estimate of drug-likeness (QED) is 0.564. The standard InChI is InChI=1S/C25H28N4O2S/c1-18-4-2-6-22(23(18)28-24(30)20-7-11-26-12-8-20)25(31)27-16-19-9-13-29(14-10-19)17-21-5-3-15-32-21/h2-8,11-12,15,19H,9-10,13-14,16-17H2,1H3,(H,27,31)(H,28,30). The van der Waals surface area contributed by atoms with Gasteiger partial charge in [-0.25, -0.2) is 0 Å². The first-order valence-corrected chi connectivity index (χ1v) is 11.8. The number of carbonyl (C=O) groups excluding carboxylic acids is 2. The Morgan fingerprint density at radius 1 is 1.06 bits per heavy atom. The zero-order valence-corrected chi connectivity index (χ0v) is 19.0. The van der Waals surface area contributed by atoms with Crippen molar-refractivity contribution in [3.8, 4) is 0 Å². The second-order valence-electron chi connectivity index (χ2n) is 8.20. The fraction of sp³-hybridized carbons (Fsp3) is 0.320. The molecule has 7 heteroatoms. The van der Waals surface area contributed by atoms with E-state index < -0.39 is 0 Å². The molecule has 0 radical (unpaired) electrons. The van der Waals surface area contributed by atoms with Crippen LogP contribution in [0.3, 0.4) is 0 Å². The minimum absolute atomic E-state index is 0.153. The molecule has 1 aliphatic heterocycles. The molecular weight excluding hydrogens is 420 g/mol. The normalized spacial score (nSPS) is 14.8. The number of hydrogen-bond donors (Lipinski definition) is 2. The van der Waals surface area contributed by atoms with Crippen LogP contribution in [-0.2, 0) is 6.54 Å². The minimum Gasteiger partial charge on any atom is -0.352 e. The summed E-state index contributed by atoms with van der Waals surface area (Å²) in [6.07, 6.45) is 5.30. The molecule has 6 nitrogen and oxygen atoms in total. The van der Waals surface area contributed by atoms with Crippen LogP contribution in [0.4, 0.5) is 5.69 Å². The molecular formula is C25H28N4O2S. The number of carbonyl (C=O) groups is 2. The van der Waals surface area contributed by atoms with Crippen LogP contribution in [0.15, 0.2) is 60.2 Å². The van der Waals surface area contributed by atoms with Crippen molar-refractivity contribution in [1.82, 2.24) is 15.2 Å². The molecule has 0 aliphatic carbocycles. The van der Waals surface area contributed by atoms with E-state index in [2.05, 4.69) is 38.0 Å². The molecule has 2 N–H and O–H groups in total. The van der Waals surface area contributed by atoms with Gasteiger partial charge in [0, 0.05) is 35.9 Å². The van der Waals surface area contributed by atoms with Crippen molar-refractivity contribution < 1.29 is 9.59 Å². The Labute approximate surface area is 192 Å². The van der Waals surface area contributed by atoms with Gasteiger partial charge in [0.25, 0.3) is 11.8 Å². The summed E-state index contributed by atoms with van der Waals surface area (Å²) in [4.78, 5) is 33.4. The van der Waals surface area contributed by atoms with Crippen LogP contribution in [-0.4, -0.2) is 41.3 Å². The number of amides is 2. The van der Waals surface area contributed by atoms with Gasteiger partial charge in [-0.15, -0.1) is 11.3 Å². The summed E-state index contributed by atoms with van der Waals surface area (Å²) in [6.45, 7) is 5.66. The Kier molecular flexibility index (Phi) is 7.29. The van der Waals surface area contributed by atoms with Gasteiger partial charge in [0.2, 0.25) is 0 Å². The first-order valence-electron chi connectivity index (χ1n) is 10.9. The number of aromatic nitrogens is 1. The molecule has 1 saturated heterocycles. The second-order valence-corrected chi connectivity index (χ2v) is 9.23. The number of para-hydroxylation sites is 1. The predicted molar refractivity (Wildman–Crippen MR) is 128 cm³/mol.